The quantitative estimate of drug-likeness (QED) is 0.433. The standard InChI is InChI=1S/C11H13NO5S/c1-2-3-10(14)16-17-11(15)7-4-5-18-9-6-8(13)12(7)9/h4,9H,2-3,5-6H2,1H3/t9-/m1/s1. The molecule has 0 N–H and O–H groups in total. The summed E-state index contributed by atoms with van der Waals surface area (Å²) in [6, 6.07) is 0. The maximum atomic E-state index is 11.7. The van der Waals surface area contributed by atoms with E-state index >= 15 is 0 Å². The molecule has 0 aromatic heterocycles. The van der Waals surface area contributed by atoms with E-state index in [1.807, 2.05) is 6.92 Å². The third kappa shape index (κ3) is 2.50. The first-order valence-electron chi connectivity index (χ1n) is 5.69. The number of carbonyl (C=O) groups is 3. The summed E-state index contributed by atoms with van der Waals surface area (Å²) in [6.07, 6.45) is 2.84. The molecule has 0 saturated carbocycles. The van der Waals surface area contributed by atoms with Crippen molar-refractivity contribution in [3.05, 3.63) is 11.8 Å². The molecule has 6 nitrogen and oxygen atoms in total. The molecule has 2 aliphatic rings. The lowest BCUT2D eigenvalue weighted by Gasteiger charge is -2.42. The molecular formula is C11H13NO5S. The Balaban J connectivity index is 1.90. The number of β-lactam (4-membered cyclic amide) rings is 1. The number of thioether (sulfide) groups is 1. The van der Waals surface area contributed by atoms with Crippen LogP contribution < -0.4 is 0 Å². The van der Waals surface area contributed by atoms with Crippen molar-refractivity contribution in [3.63, 3.8) is 0 Å². The van der Waals surface area contributed by atoms with Crippen molar-refractivity contribution in [2.24, 2.45) is 0 Å². The first-order valence-corrected chi connectivity index (χ1v) is 6.74. The van der Waals surface area contributed by atoms with E-state index in [0.717, 1.165) is 0 Å². The molecule has 0 spiro atoms. The summed E-state index contributed by atoms with van der Waals surface area (Å²) in [5.41, 5.74) is 0.166. The Kier molecular flexibility index (Phi) is 3.90. The van der Waals surface area contributed by atoms with Crippen LogP contribution in [0.4, 0.5) is 0 Å². The van der Waals surface area contributed by atoms with Gasteiger partial charge in [-0.2, -0.15) is 0 Å². The minimum absolute atomic E-state index is 0.0105. The summed E-state index contributed by atoms with van der Waals surface area (Å²) >= 11 is 1.58. The van der Waals surface area contributed by atoms with Gasteiger partial charge >= 0.3 is 11.9 Å². The van der Waals surface area contributed by atoms with Crippen LogP contribution in [-0.2, 0) is 24.2 Å². The molecule has 2 aliphatic heterocycles. The fourth-order valence-electron chi connectivity index (χ4n) is 1.70. The lowest BCUT2D eigenvalue weighted by Crippen LogP contribution is -2.53. The number of fused-ring (bicyclic) bond motifs is 1. The van der Waals surface area contributed by atoms with Gasteiger partial charge in [0.15, 0.2) is 0 Å². The van der Waals surface area contributed by atoms with Gasteiger partial charge in [-0.25, -0.2) is 19.4 Å². The van der Waals surface area contributed by atoms with E-state index in [9.17, 15) is 14.4 Å². The van der Waals surface area contributed by atoms with Gasteiger partial charge in [0.2, 0.25) is 5.91 Å². The van der Waals surface area contributed by atoms with E-state index in [0.29, 0.717) is 18.6 Å². The van der Waals surface area contributed by atoms with Gasteiger partial charge < -0.3 is 0 Å². The highest BCUT2D eigenvalue weighted by molar-refractivity contribution is 8.00. The Bertz CT molecular complexity index is 420. The second-order valence-corrected chi connectivity index (χ2v) is 5.13. The van der Waals surface area contributed by atoms with Crippen LogP contribution in [0.5, 0.6) is 0 Å². The summed E-state index contributed by atoms with van der Waals surface area (Å²) < 4.78 is 0. The first kappa shape index (κ1) is 12.9. The molecule has 7 heteroatoms. The molecule has 98 valence electrons. The van der Waals surface area contributed by atoms with Gasteiger partial charge in [-0.1, -0.05) is 6.92 Å². The summed E-state index contributed by atoms with van der Waals surface area (Å²) in [6.45, 7) is 1.81. The fraction of sp³-hybridized carbons (Fsp3) is 0.545. The maximum Gasteiger partial charge on any atom is 0.402 e. The molecule has 0 aromatic carbocycles. The van der Waals surface area contributed by atoms with E-state index < -0.39 is 11.9 Å². The van der Waals surface area contributed by atoms with Crippen molar-refractivity contribution >= 4 is 29.6 Å². The van der Waals surface area contributed by atoms with Gasteiger partial charge in [-0.05, 0) is 12.5 Å². The highest BCUT2D eigenvalue weighted by atomic mass is 32.2. The SMILES string of the molecule is CCCC(=O)OOC(=O)C1=CCS[C@@H]2CC(=O)N12. The minimum atomic E-state index is -0.794. The highest BCUT2D eigenvalue weighted by Crippen LogP contribution is 2.37. The van der Waals surface area contributed by atoms with E-state index in [4.69, 9.17) is 0 Å². The average Bonchev–Trinajstić information content (AvgIpc) is 2.34. The van der Waals surface area contributed by atoms with E-state index in [-0.39, 0.29) is 23.4 Å². The molecule has 0 unspecified atom stereocenters. The Hall–Kier alpha value is -1.50. The third-order valence-corrected chi connectivity index (χ3v) is 3.73. The smallest absolute Gasteiger partial charge is 0.293 e. The summed E-state index contributed by atoms with van der Waals surface area (Å²) in [5.74, 6) is -0.863. The molecule has 0 aliphatic carbocycles. The molecule has 2 rings (SSSR count). The predicted octanol–water partition coefficient (Wildman–Crippen LogP) is 0.977. The molecule has 1 atom stereocenters. The zero-order chi connectivity index (χ0) is 13.1. The number of hydrogen-bond donors (Lipinski definition) is 0. The number of rotatable bonds is 3. The summed E-state index contributed by atoms with van der Waals surface area (Å²) in [5, 5.41) is 0.0105. The molecular weight excluding hydrogens is 258 g/mol. The zero-order valence-corrected chi connectivity index (χ0v) is 10.7. The van der Waals surface area contributed by atoms with Gasteiger partial charge in [0.05, 0.1) is 11.8 Å². The largest absolute Gasteiger partial charge is 0.402 e. The van der Waals surface area contributed by atoms with Crippen molar-refractivity contribution in [1.29, 1.82) is 0 Å². The normalized spacial score (nSPS) is 21.6. The van der Waals surface area contributed by atoms with Crippen molar-refractivity contribution in [2.45, 2.75) is 31.6 Å². The van der Waals surface area contributed by atoms with Crippen molar-refractivity contribution in [1.82, 2.24) is 4.90 Å². The van der Waals surface area contributed by atoms with E-state index in [2.05, 4.69) is 9.78 Å². The lowest BCUT2D eigenvalue weighted by molar-refractivity contribution is -0.257. The van der Waals surface area contributed by atoms with Gasteiger partial charge in [-0.3, -0.25) is 9.69 Å². The van der Waals surface area contributed by atoms with Crippen LogP contribution >= 0.6 is 11.8 Å². The zero-order valence-electron chi connectivity index (χ0n) is 9.88. The van der Waals surface area contributed by atoms with Crippen LogP contribution in [0.25, 0.3) is 0 Å². The van der Waals surface area contributed by atoms with E-state index in [1.54, 1.807) is 17.8 Å². The molecule has 0 aromatic rings. The Morgan fingerprint density at radius 3 is 2.94 bits per heavy atom. The van der Waals surface area contributed by atoms with Crippen LogP contribution in [0.15, 0.2) is 11.8 Å². The molecule has 0 bridgehead atoms. The monoisotopic (exact) mass is 271 g/mol. The molecule has 18 heavy (non-hydrogen) atoms. The Labute approximate surface area is 108 Å². The molecule has 1 saturated heterocycles. The van der Waals surface area contributed by atoms with Crippen LogP contribution in [-0.4, -0.2) is 33.9 Å². The molecule has 1 amide bonds. The molecule has 2 heterocycles. The minimum Gasteiger partial charge on any atom is -0.293 e. The first-order chi connectivity index (χ1) is 8.63. The molecule has 0 radical (unpaired) electrons. The van der Waals surface area contributed by atoms with Crippen LogP contribution in [0.2, 0.25) is 0 Å². The second kappa shape index (κ2) is 5.43. The Morgan fingerprint density at radius 2 is 2.28 bits per heavy atom. The van der Waals surface area contributed by atoms with Crippen LogP contribution in [0.1, 0.15) is 26.2 Å². The van der Waals surface area contributed by atoms with Crippen molar-refractivity contribution in [3.8, 4) is 0 Å². The Morgan fingerprint density at radius 1 is 1.50 bits per heavy atom. The van der Waals surface area contributed by atoms with Gasteiger partial charge in [0.25, 0.3) is 0 Å². The van der Waals surface area contributed by atoms with Crippen molar-refractivity contribution in [2.75, 3.05) is 5.75 Å². The number of amides is 1. The van der Waals surface area contributed by atoms with Gasteiger partial charge in [-0.15, -0.1) is 11.8 Å². The molecule has 1 fully saturated rings. The average molecular weight is 271 g/mol. The number of carbonyl (C=O) groups excluding carboxylic acids is 3. The summed E-state index contributed by atoms with van der Waals surface area (Å²) in [4.78, 5) is 44.3. The van der Waals surface area contributed by atoms with Crippen LogP contribution in [0, 0.1) is 0 Å². The lowest BCUT2D eigenvalue weighted by atomic mass is 10.1. The number of nitrogens with zero attached hydrogens (tertiary/aromatic N) is 1. The summed E-state index contributed by atoms with van der Waals surface area (Å²) in [7, 11) is 0. The number of hydrogen-bond acceptors (Lipinski definition) is 6. The van der Waals surface area contributed by atoms with Crippen LogP contribution in [0.3, 0.4) is 0 Å². The highest BCUT2D eigenvalue weighted by Gasteiger charge is 2.43. The third-order valence-electron chi connectivity index (χ3n) is 2.60. The maximum absolute atomic E-state index is 11.7. The van der Waals surface area contributed by atoms with Crippen molar-refractivity contribution < 1.29 is 24.2 Å². The second-order valence-electron chi connectivity index (χ2n) is 3.92. The topological polar surface area (TPSA) is 72.9 Å². The fourth-order valence-corrected chi connectivity index (χ4v) is 2.82. The van der Waals surface area contributed by atoms with Gasteiger partial charge in [0, 0.05) is 12.2 Å². The predicted molar refractivity (Wildman–Crippen MR) is 62.9 cm³/mol. The van der Waals surface area contributed by atoms with E-state index in [1.165, 1.54) is 4.90 Å². The van der Waals surface area contributed by atoms with Gasteiger partial charge in [0.1, 0.15) is 5.70 Å².